The molecule has 0 aliphatic heterocycles. The van der Waals surface area contributed by atoms with Crippen molar-refractivity contribution in [3.63, 3.8) is 0 Å². The molecule has 0 radical (unpaired) electrons. The molecule has 0 fully saturated rings. The number of hydrogen-bond donors (Lipinski definition) is 3. The van der Waals surface area contributed by atoms with Crippen LogP contribution in [0.25, 0.3) is 0 Å². The van der Waals surface area contributed by atoms with E-state index in [2.05, 4.69) is 64.0 Å². The second-order valence-corrected chi connectivity index (χ2v) is 7.36. The van der Waals surface area contributed by atoms with E-state index in [9.17, 15) is 4.79 Å². The summed E-state index contributed by atoms with van der Waals surface area (Å²) >= 11 is 0. The van der Waals surface area contributed by atoms with Gasteiger partial charge in [0.1, 0.15) is 0 Å². The molecule has 27 heavy (non-hydrogen) atoms. The van der Waals surface area contributed by atoms with Crippen LogP contribution in [0.4, 0.5) is 0 Å². The van der Waals surface area contributed by atoms with Crippen molar-refractivity contribution in [2.75, 3.05) is 26.7 Å². The van der Waals surface area contributed by atoms with Crippen LogP contribution in [0.2, 0.25) is 0 Å². The lowest BCUT2D eigenvalue weighted by atomic mass is 10.1. The molecule has 1 rings (SSSR count). The van der Waals surface area contributed by atoms with E-state index in [4.69, 9.17) is 0 Å². The second-order valence-electron chi connectivity index (χ2n) is 7.36. The van der Waals surface area contributed by atoms with Gasteiger partial charge in [0.15, 0.2) is 5.96 Å². The fourth-order valence-corrected chi connectivity index (χ4v) is 2.58. The van der Waals surface area contributed by atoms with Gasteiger partial charge in [-0.3, -0.25) is 14.7 Å². The fraction of sp³-hybridized carbons (Fsp3) is 0.600. The van der Waals surface area contributed by atoms with E-state index < -0.39 is 0 Å². The van der Waals surface area contributed by atoms with Gasteiger partial charge in [-0.2, -0.15) is 0 Å². The van der Waals surface area contributed by atoms with E-state index in [1.807, 2.05) is 20.8 Å². The van der Waals surface area contributed by atoms with Gasteiger partial charge in [0.05, 0.1) is 6.54 Å². The summed E-state index contributed by atoms with van der Waals surface area (Å²) in [6.07, 6.45) is 0. The molecule has 1 amide bonds. The summed E-state index contributed by atoms with van der Waals surface area (Å²) in [4.78, 5) is 18.5. The zero-order valence-corrected chi connectivity index (χ0v) is 19.9. The number of hydrogen-bond acceptors (Lipinski definition) is 3. The molecule has 3 N–H and O–H groups in total. The van der Waals surface area contributed by atoms with Crippen LogP contribution in [-0.4, -0.2) is 49.0 Å². The number of rotatable bonds is 8. The molecule has 154 valence electrons. The number of carbonyl (C=O) groups excluding carboxylic acids is 1. The number of halogens is 1. The van der Waals surface area contributed by atoms with Crippen LogP contribution in [0.15, 0.2) is 29.3 Å². The van der Waals surface area contributed by atoms with Gasteiger partial charge in [-0.25, -0.2) is 0 Å². The van der Waals surface area contributed by atoms with Gasteiger partial charge in [-0.1, -0.05) is 38.1 Å². The van der Waals surface area contributed by atoms with Crippen LogP contribution in [-0.2, 0) is 17.9 Å². The largest absolute Gasteiger partial charge is 0.352 e. The lowest BCUT2D eigenvalue weighted by Gasteiger charge is -2.21. The van der Waals surface area contributed by atoms with Gasteiger partial charge in [-0.05, 0) is 45.0 Å². The Morgan fingerprint density at radius 3 is 2.30 bits per heavy atom. The van der Waals surface area contributed by atoms with Crippen molar-refractivity contribution in [2.45, 2.75) is 53.2 Å². The number of aliphatic imine (C=N–C) groups is 1. The first kappa shape index (κ1) is 25.6. The van der Waals surface area contributed by atoms with Crippen molar-refractivity contribution in [3.05, 3.63) is 35.4 Å². The first-order chi connectivity index (χ1) is 12.3. The minimum atomic E-state index is -0.235. The zero-order valence-electron chi connectivity index (χ0n) is 17.6. The Bertz CT molecular complexity index is 594. The SMILES string of the molecule is CCN(CC)Cc1cccc(CNC(=NC)NCC(=O)NC(C)(C)C)c1.I. The number of carbonyl (C=O) groups is 1. The Morgan fingerprint density at radius 1 is 1.11 bits per heavy atom. The highest BCUT2D eigenvalue weighted by molar-refractivity contribution is 14.0. The van der Waals surface area contributed by atoms with Crippen molar-refractivity contribution in [2.24, 2.45) is 4.99 Å². The summed E-state index contributed by atoms with van der Waals surface area (Å²) in [7, 11) is 1.70. The Kier molecular flexibility index (Phi) is 12.3. The van der Waals surface area contributed by atoms with E-state index >= 15 is 0 Å². The van der Waals surface area contributed by atoms with Crippen LogP contribution in [0.5, 0.6) is 0 Å². The highest BCUT2D eigenvalue weighted by Gasteiger charge is 2.13. The molecule has 0 aliphatic rings. The van der Waals surface area contributed by atoms with E-state index in [0.717, 1.165) is 19.6 Å². The topological polar surface area (TPSA) is 68.8 Å². The molecule has 7 heteroatoms. The minimum Gasteiger partial charge on any atom is -0.352 e. The first-order valence-corrected chi connectivity index (χ1v) is 9.33. The fourth-order valence-electron chi connectivity index (χ4n) is 2.58. The van der Waals surface area contributed by atoms with E-state index in [1.54, 1.807) is 7.05 Å². The van der Waals surface area contributed by atoms with E-state index in [-0.39, 0.29) is 42.0 Å². The molecule has 6 nitrogen and oxygen atoms in total. The monoisotopic (exact) mass is 489 g/mol. The Hall–Kier alpha value is -1.35. The summed E-state index contributed by atoms with van der Waals surface area (Å²) in [5.74, 6) is 0.560. The Morgan fingerprint density at radius 2 is 1.74 bits per heavy atom. The maximum Gasteiger partial charge on any atom is 0.239 e. The molecule has 0 unspecified atom stereocenters. The minimum absolute atomic E-state index is 0. The molecular formula is C20H36IN5O. The third kappa shape index (κ3) is 11.2. The second kappa shape index (κ2) is 12.9. The van der Waals surface area contributed by atoms with Gasteiger partial charge in [0, 0.05) is 25.7 Å². The quantitative estimate of drug-likeness (QED) is 0.299. The summed E-state index contributed by atoms with van der Waals surface area (Å²) in [5, 5.41) is 9.22. The van der Waals surface area contributed by atoms with Crippen molar-refractivity contribution in [3.8, 4) is 0 Å². The molecule has 0 spiro atoms. The summed E-state index contributed by atoms with van der Waals surface area (Å²) < 4.78 is 0. The van der Waals surface area contributed by atoms with Crippen LogP contribution < -0.4 is 16.0 Å². The number of guanidine groups is 1. The average molecular weight is 489 g/mol. The number of amides is 1. The van der Waals surface area contributed by atoms with Crippen LogP contribution in [0.3, 0.4) is 0 Å². The van der Waals surface area contributed by atoms with Crippen molar-refractivity contribution < 1.29 is 4.79 Å². The molecule has 0 aliphatic carbocycles. The predicted molar refractivity (Wildman–Crippen MR) is 125 cm³/mol. The van der Waals surface area contributed by atoms with Gasteiger partial charge >= 0.3 is 0 Å². The average Bonchev–Trinajstić information content (AvgIpc) is 2.58. The summed E-state index contributed by atoms with van der Waals surface area (Å²) in [5.41, 5.74) is 2.26. The van der Waals surface area contributed by atoms with E-state index in [1.165, 1.54) is 11.1 Å². The number of nitrogens with zero attached hydrogens (tertiary/aromatic N) is 2. The van der Waals surface area contributed by atoms with Gasteiger partial charge < -0.3 is 16.0 Å². The van der Waals surface area contributed by atoms with Crippen molar-refractivity contribution >= 4 is 35.8 Å². The predicted octanol–water partition coefficient (Wildman–Crippen LogP) is 2.73. The molecule has 0 saturated heterocycles. The van der Waals surface area contributed by atoms with Crippen LogP contribution in [0.1, 0.15) is 45.7 Å². The highest BCUT2D eigenvalue weighted by atomic mass is 127. The zero-order chi connectivity index (χ0) is 19.6. The summed E-state index contributed by atoms with van der Waals surface area (Å²) in [6.45, 7) is 14.2. The van der Waals surface area contributed by atoms with Crippen LogP contribution >= 0.6 is 24.0 Å². The standard InChI is InChI=1S/C20H35N5O.HI/c1-7-25(8-2)15-17-11-9-10-16(12-17)13-22-19(21-6)23-14-18(26)24-20(3,4)5;/h9-12H,7-8,13-15H2,1-6H3,(H,24,26)(H2,21,22,23);1H. The third-order valence-electron chi connectivity index (χ3n) is 3.91. The highest BCUT2D eigenvalue weighted by Crippen LogP contribution is 2.08. The molecule has 0 saturated carbocycles. The van der Waals surface area contributed by atoms with Crippen molar-refractivity contribution in [1.82, 2.24) is 20.9 Å². The number of nitrogens with one attached hydrogen (secondary N) is 3. The molecule has 0 atom stereocenters. The Balaban J connectivity index is 0.00000676. The molecule has 0 aromatic heterocycles. The molecule has 1 aromatic rings. The lowest BCUT2D eigenvalue weighted by molar-refractivity contribution is -0.121. The smallest absolute Gasteiger partial charge is 0.239 e. The van der Waals surface area contributed by atoms with Crippen LogP contribution in [0, 0.1) is 0 Å². The maximum absolute atomic E-state index is 11.9. The lowest BCUT2D eigenvalue weighted by Crippen LogP contribution is -2.48. The molecular weight excluding hydrogens is 453 g/mol. The van der Waals surface area contributed by atoms with Crippen molar-refractivity contribution in [1.29, 1.82) is 0 Å². The van der Waals surface area contributed by atoms with Gasteiger partial charge in [0.2, 0.25) is 5.91 Å². The Labute approximate surface area is 181 Å². The van der Waals surface area contributed by atoms with Gasteiger partial charge in [0.25, 0.3) is 0 Å². The molecule has 0 bridgehead atoms. The number of benzene rings is 1. The molecule has 1 aromatic carbocycles. The van der Waals surface area contributed by atoms with E-state index in [0.29, 0.717) is 12.5 Å². The molecule has 0 heterocycles. The maximum atomic E-state index is 11.9. The normalized spacial score (nSPS) is 11.7. The third-order valence-corrected chi connectivity index (χ3v) is 3.91. The first-order valence-electron chi connectivity index (χ1n) is 9.33. The van der Waals surface area contributed by atoms with Gasteiger partial charge in [-0.15, -0.1) is 24.0 Å². The summed E-state index contributed by atoms with van der Waals surface area (Å²) in [6, 6.07) is 8.55.